The van der Waals surface area contributed by atoms with Gasteiger partial charge in [0.2, 0.25) is 0 Å². The van der Waals surface area contributed by atoms with Crippen molar-refractivity contribution in [1.82, 2.24) is 19.7 Å². The van der Waals surface area contributed by atoms with E-state index in [1.807, 2.05) is 17.8 Å². The van der Waals surface area contributed by atoms with Crippen LogP contribution in [-0.2, 0) is 16.6 Å². The predicted molar refractivity (Wildman–Crippen MR) is 152 cm³/mol. The van der Waals surface area contributed by atoms with E-state index in [2.05, 4.69) is 74.1 Å². The lowest BCUT2D eigenvalue weighted by Gasteiger charge is -2.36. The Labute approximate surface area is 226 Å². The van der Waals surface area contributed by atoms with Crippen molar-refractivity contribution in [2.24, 2.45) is 0 Å². The van der Waals surface area contributed by atoms with E-state index < -0.39 is 0 Å². The highest BCUT2D eigenvalue weighted by Gasteiger charge is 2.24. The zero-order valence-electron chi connectivity index (χ0n) is 23.5. The molecule has 1 saturated heterocycles. The van der Waals surface area contributed by atoms with Gasteiger partial charge in [0.15, 0.2) is 5.78 Å². The maximum Gasteiger partial charge on any atom is 0.170 e. The minimum absolute atomic E-state index is 0.0687. The molecule has 1 aliphatic carbocycles. The molecule has 6 heteroatoms. The Hall–Kier alpha value is -3.09. The van der Waals surface area contributed by atoms with E-state index >= 15 is 0 Å². The SMILES string of the molecule is Cc1cc(CC(=O)c2cnn(-c3ccc(C(C)(C)C)cc3)c2C)cnc1C1=CCC(N2CCOCC2)CC1. The van der Waals surface area contributed by atoms with Gasteiger partial charge in [-0.25, -0.2) is 4.68 Å². The van der Waals surface area contributed by atoms with Crippen molar-refractivity contribution in [2.45, 2.75) is 71.8 Å². The molecule has 0 radical (unpaired) electrons. The highest BCUT2D eigenvalue weighted by atomic mass is 16.5. The number of hydrogen-bond acceptors (Lipinski definition) is 5. The van der Waals surface area contributed by atoms with Crippen molar-refractivity contribution in [3.05, 3.63) is 82.4 Å². The van der Waals surface area contributed by atoms with Crippen LogP contribution in [0.2, 0.25) is 0 Å². The summed E-state index contributed by atoms with van der Waals surface area (Å²) in [4.78, 5) is 20.6. The lowest BCUT2D eigenvalue weighted by molar-refractivity contribution is 0.0150. The zero-order chi connectivity index (χ0) is 26.9. The molecule has 0 N–H and O–H groups in total. The van der Waals surface area contributed by atoms with Crippen molar-refractivity contribution in [3.8, 4) is 5.69 Å². The molecule has 38 heavy (non-hydrogen) atoms. The summed E-state index contributed by atoms with van der Waals surface area (Å²) in [5.41, 5.74) is 8.35. The number of aromatic nitrogens is 3. The van der Waals surface area contributed by atoms with E-state index in [1.165, 1.54) is 11.1 Å². The average Bonchev–Trinajstić information content (AvgIpc) is 3.30. The fraction of sp³-hybridized carbons (Fsp3) is 0.469. The first-order chi connectivity index (χ1) is 18.2. The number of morpholine rings is 1. The number of Topliss-reactive ketones (excluding diaryl/α,β-unsaturated/α-hetero) is 1. The molecule has 5 rings (SSSR count). The number of pyridine rings is 1. The van der Waals surface area contributed by atoms with Gasteiger partial charge >= 0.3 is 0 Å². The lowest BCUT2D eigenvalue weighted by Crippen LogP contribution is -2.43. The fourth-order valence-electron chi connectivity index (χ4n) is 5.70. The number of allylic oxidation sites excluding steroid dienone is 1. The molecular weight excluding hydrogens is 472 g/mol. The van der Waals surface area contributed by atoms with Crippen LogP contribution < -0.4 is 0 Å². The second-order valence-electron chi connectivity index (χ2n) is 11.8. The van der Waals surface area contributed by atoms with Crippen molar-refractivity contribution in [1.29, 1.82) is 0 Å². The molecule has 0 saturated carbocycles. The van der Waals surface area contributed by atoms with Gasteiger partial charge in [-0.3, -0.25) is 14.7 Å². The molecule has 2 aromatic heterocycles. The van der Waals surface area contributed by atoms with Gasteiger partial charge in [0.05, 0.1) is 42.0 Å². The van der Waals surface area contributed by atoms with Crippen molar-refractivity contribution in [2.75, 3.05) is 26.3 Å². The molecule has 3 heterocycles. The molecule has 0 amide bonds. The van der Waals surface area contributed by atoms with Crippen LogP contribution in [0.25, 0.3) is 11.3 Å². The second-order valence-corrected chi connectivity index (χ2v) is 11.8. The maximum atomic E-state index is 13.2. The third-order valence-corrected chi connectivity index (χ3v) is 8.04. The summed E-state index contributed by atoms with van der Waals surface area (Å²) in [5.74, 6) is 0.0687. The van der Waals surface area contributed by atoms with E-state index in [-0.39, 0.29) is 11.2 Å². The van der Waals surface area contributed by atoms with Gasteiger partial charge in [-0.05, 0) is 72.9 Å². The predicted octanol–water partition coefficient (Wildman–Crippen LogP) is 5.88. The molecule has 0 spiro atoms. The Morgan fingerprint density at radius 1 is 1.08 bits per heavy atom. The number of rotatable bonds is 6. The largest absolute Gasteiger partial charge is 0.379 e. The molecule has 6 nitrogen and oxygen atoms in total. The summed E-state index contributed by atoms with van der Waals surface area (Å²) in [6.07, 6.45) is 9.54. The highest BCUT2D eigenvalue weighted by molar-refractivity contribution is 5.98. The standard InChI is InChI=1S/C32H40N4O2/c1-22-18-24(20-33-31(22)25-6-10-27(11-7-25)35-14-16-38-17-15-35)19-30(37)29-21-34-36(23(29)2)28-12-8-26(9-13-28)32(3,4)5/h6,8-9,12-13,18,20-21,27H,7,10-11,14-17,19H2,1-5H3. The van der Waals surface area contributed by atoms with Gasteiger partial charge in [-0.2, -0.15) is 5.10 Å². The van der Waals surface area contributed by atoms with Gasteiger partial charge in [0.25, 0.3) is 0 Å². The van der Waals surface area contributed by atoms with E-state index in [4.69, 9.17) is 9.72 Å². The molecule has 1 atom stereocenters. The van der Waals surface area contributed by atoms with E-state index in [0.717, 1.165) is 73.8 Å². The summed E-state index contributed by atoms with van der Waals surface area (Å²) in [5, 5.41) is 4.54. The van der Waals surface area contributed by atoms with Gasteiger partial charge in [0.1, 0.15) is 0 Å². The summed E-state index contributed by atoms with van der Waals surface area (Å²) < 4.78 is 7.36. The molecule has 1 unspecified atom stereocenters. The van der Waals surface area contributed by atoms with Crippen molar-refractivity contribution < 1.29 is 9.53 Å². The maximum absolute atomic E-state index is 13.2. The number of ketones is 1. The van der Waals surface area contributed by atoms with E-state index in [1.54, 1.807) is 6.20 Å². The summed E-state index contributed by atoms with van der Waals surface area (Å²) in [6, 6.07) is 11.2. The summed E-state index contributed by atoms with van der Waals surface area (Å²) in [7, 11) is 0. The van der Waals surface area contributed by atoms with Crippen LogP contribution >= 0.6 is 0 Å². The van der Waals surface area contributed by atoms with Gasteiger partial charge in [0, 0.05) is 31.7 Å². The molecule has 200 valence electrons. The van der Waals surface area contributed by atoms with Gasteiger partial charge in [-0.15, -0.1) is 0 Å². The van der Waals surface area contributed by atoms with Crippen LogP contribution in [0.15, 0.2) is 48.8 Å². The summed E-state index contributed by atoms with van der Waals surface area (Å²) >= 11 is 0. The third kappa shape index (κ3) is 5.67. The fourth-order valence-corrected chi connectivity index (χ4v) is 5.70. The Bertz CT molecular complexity index is 1320. The van der Waals surface area contributed by atoms with Crippen LogP contribution in [-0.4, -0.2) is 57.8 Å². The normalized spacial score (nSPS) is 18.9. The molecule has 1 aliphatic heterocycles. The van der Waals surface area contributed by atoms with Crippen LogP contribution in [0.3, 0.4) is 0 Å². The number of hydrogen-bond donors (Lipinski definition) is 0. The van der Waals surface area contributed by atoms with E-state index in [0.29, 0.717) is 18.0 Å². The lowest BCUT2D eigenvalue weighted by atomic mass is 9.87. The number of nitrogens with zero attached hydrogens (tertiary/aromatic N) is 4. The molecule has 1 fully saturated rings. The smallest absolute Gasteiger partial charge is 0.170 e. The van der Waals surface area contributed by atoms with Crippen LogP contribution in [0, 0.1) is 13.8 Å². The van der Waals surface area contributed by atoms with Gasteiger partial charge < -0.3 is 4.74 Å². The number of carbonyl (C=O) groups excluding carboxylic acids is 1. The molecular formula is C32H40N4O2. The highest BCUT2D eigenvalue weighted by Crippen LogP contribution is 2.31. The van der Waals surface area contributed by atoms with Crippen LogP contribution in [0.4, 0.5) is 0 Å². The first-order valence-corrected chi connectivity index (χ1v) is 13.9. The van der Waals surface area contributed by atoms with E-state index in [9.17, 15) is 4.79 Å². The Morgan fingerprint density at radius 3 is 2.45 bits per heavy atom. The van der Waals surface area contributed by atoms with Crippen molar-refractivity contribution in [3.63, 3.8) is 0 Å². The minimum Gasteiger partial charge on any atom is -0.379 e. The topological polar surface area (TPSA) is 60.2 Å². The summed E-state index contributed by atoms with van der Waals surface area (Å²) in [6.45, 7) is 14.4. The Balaban J connectivity index is 1.25. The Morgan fingerprint density at radius 2 is 1.82 bits per heavy atom. The first-order valence-electron chi connectivity index (χ1n) is 13.9. The molecule has 3 aromatic rings. The number of benzene rings is 1. The van der Waals surface area contributed by atoms with Crippen molar-refractivity contribution >= 4 is 11.4 Å². The number of aryl methyl sites for hydroxylation is 1. The quantitative estimate of drug-likeness (QED) is 0.386. The van der Waals surface area contributed by atoms with Crippen LogP contribution in [0.1, 0.15) is 78.5 Å². The molecule has 1 aromatic carbocycles. The molecule has 0 bridgehead atoms. The van der Waals surface area contributed by atoms with Crippen LogP contribution in [0.5, 0.6) is 0 Å². The Kier molecular flexibility index (Phi) is 7.64. The first kappa shape index (κ1) is 26.5. The minimum atomic E-state index is 0.0687. The second kappa shape index (κ2) is 11.0. The zero-order valence-corrected chi connectivity index (χ0v) is 23.5. The third-order valence-electron chi connectivity index (χ3n) is 8.04. The molecule has 2 aliphatic rings. The van der Waals surface area contributed by atoms with Gasteiger partial charge in [-0.1, -0.05) is 45.0 Å². The average molecular weight is 513 g/mol. The number of carbonyl (C=O) groups is 1. The monoisotopic (exact) mass is 512 g/mol. The number of ether oxygens (including phenoxy) is 1.